The van der Waals surface area contributed by atoms with Gasteiger partial charge in [0.1, 0.15) is 5.69 Å². The van der Waals surface area contributed by atoms with Crippen molar-refractivity contribution >= 4 is 17.7 Å². The molecule has 7 heteroatoms. The van der Waals surface area contributed by atoms with Crippen LogP contribution in [0.5, 0.6) is 0 Å². The fourth-order valence-corrected chi connectivity index (χ4v) is 3.96. The molecule has 1 aromatic rings. The first-order chi connectivity index (χ1) is 10.8. The van der Waals surface area contributed by atoms with Gasteiger partial charge in [0, 0.05) is 26.3 Å². The van der Waals surface area contributed by atoms with Gasteiger partial charge in [0.05, 0.1) is 5.41 Å². The fraction of sp³-hybridized carbons (Fsp3) is 0.562. The Balaban J connectivity index is 1.78. The molecule has 0 bridgehead atoms. The Morgan fingerprint density at radius 1 is 1.43 bits per heavy atom. The number of hydrogen-bond acceptors (Lipinski definition) is 3. The van der Waals surface area contributed by atoms with E-state index in [1.54, 1.807) is 19.3 Å². The molecule has 124 valence electrons. The largest absolute Gasteiger partial charge is 0.481 e. The monoisotopic (exact) mass is 319 g/mol. The van der Waals surface area contributed by atoms with E-state index in [1.165, 1.54) is 9.47 Å². The number of anilines is 1. The predicted molar refractivity (Wildman–Crippen MR) is 84.4 cm³/mol. The van der Waals surface area contributed by atoms with Crippen LogP contribution in [-0.4, -0.2) is 39.7 Å². The maximum Gasteiger partial charge on any atom is 0.322 e. The molecule has 2 amide bonds. The van der Waals surface area contributed by atoms with Crippen molar-refractivity contribution in [3.63, 3.8) is 0 Å². The van der Waals surface area contributed by atoms with Gasteiger partial charge in [-0.25, -0.2) is 4.79 Å². The maximum absolute atomic E-state index is 12.5. The number of likely N-dealkylation sites (tertiary alicyclic amines) is 1. The van der Waals surface area contributed by atoms with Gasteiger partial charge in [0.15, 0.2) is 0 Å². The van der Waals surface area contributed by atoms with Crippen LogP contribution in [0.3, 0.4) is 0 Å². The van der Waals surface area contributed by atoms with Gasteiger partial charge >= 0.3 is 12.0 Å². The van der Waals surface area contributed by atoms with Crippen LogP contribution in [0.2, 0.25) is 0 Å². The van der Waals surface area contributed by atoms with Crippen LogP contribution in [0.4, 0.5) is 10.5 Å². The lowest BCUT2D eigenvalue weighted by Gasteiger charge is -2.23. The highest BCUT2D eigenvalue weighted by Gasteiger charge is 2.55. The Hall–Kier alpha value is -2.31. The summed E-state index contributed by atoms with van der Waals surface area (Å²) in [4.78, 5) is 37.7. The molecular weight excluding hydrogens is 298 g/mol. The standard InChI is InChI=1S/C16H21N3O4/c1-10-6-12(13(20)18(2)7-10)17-15(23)19-8-11-4-3-5-16(11,9-19)14(21)22/h6-7,11H,3-5,8-9H2,1-2H3,(H,17,23)(H,21,22)/t11-,16+/m0/s1. The minimum Gasteiger partial charge on any atom is -0.481 e. The maximum atomic E-state index is 12.5. The number of carbonyl (C=O) groups is 2. The number of amides is 2. The van der Waals surface area contributed by atoms with Crippen LogP contribution in [0, 0.1) is 18.3 Å². The van der Waals surface area contributed by atoms with Crippen LogP contribution < -0.4 is 10.9 Å². The molecule has 0 unspecified atom stereocenters. The molecule has 1 aliphatic heterocycles. The Kier molecular flexibility index (Phi) is 3.66. The van der Waals surface area contributed by atoms with Gasteiger partial charge in [0.2, 0.25) is 0 Å². The molecule has 0 aromatic carbocycles. The molecule has 2 N–H and O–H groups in total. The van der Waals surface area contributed by atoms with E-state index >= 15 is 0 Å². The smallest absolute Gasteiger partial charge is 0.322 e. The highest BCUT2D eigenvalue weighted by molar-refractivity contribution is 5.90. The molecule has 0 spiro atoms. The summed E-state index contributed by atoms with van der Waals surface area (Å²) in [6, 6.07) is 1.23. The molecule has 1 aromatic heterocycles. The lowest BCUT2D eigenvalue weighted by atomic mass is 9.81. The highest BCUT2D eigenvalue weighted by Crippen LogP contribution is 2.48. The molecule has 0 radical (unpaired) electrons. The van der Waals surface area contributed by atoms with E-state index in [4.69, 9.17) is 0 Å². The SMILES string of the molecule is Cc1cc(NC(=O)N2C[C@@H]3CCC[C@@]3(C(=O)O)C2)c(=O)n(C)c1. The highest BCUT2D eigenvalue weighted by atomic mass is 16.4. The fourth-order valence-electron chi connectivity index (χ4n) is 3.96. The van der Waals surface area contributed by atoms with Gasteiger partial charge in [-0.1, -0.05) is 6.42 Å². The molecule has 23 heavy (non-hydrogen) atoms. The molecule has 2 atom stereocenters. The normalized spacial score (nSPS) is 26.2. The number of carbonyl (C=O) groups excluding carboxylic acids is 1. The number of pyridine rings is 1. The Morgan fingerprint density at radius 3 is 2.83 bits per heavy atom. The number of carboxylic acids is 1. The van der Waals surface area contributed by atoms with Crippen LogP contribution >= 0.6 is 0 Å². The summed E-state index contributed by atoms with van der Waals surface area (Å²) in [5.41, 5.74) is -0.00698. The molecule has 3 rings (SSSR count). The lowest BCUT2D eigenvalue weighted by molar-refractivity contribution is -0.149. The average molecular weight is 319 g/mol. The predicted octanol–water partition coefficient (Wildman–Crippen LogP) is 1.41. The van der Waals surface area contributed by atoms with Gasteiger partial charge in [-0.3, -0.25) is 9.59 Å². The summed E-state index contributed by atoms with van der Waals surface area (Å²) in [5, 5.41) is 12.2. The van der Waals surface area contributed by atoms with Gasteiger partial charge in [-0.05, 0) is 37.3 Å². The molecule has 7 nitrogen and oxygen atoms in total. The topological polar surface area (TPSA) is 91.6 Å². The summed E-state index contributed by atoms with van der Waals surface area (Å²) in [5.74, 6) is -0.812. The number of nitrogens with one attached hydrogen (secondary N) is 1. The molecule has 2 fully saturated rings. The molecular formula is C16H21N3O4. The lowest BCUT2D eigenvalue weighted by Crippen LogP contribution is -2.39. The summed E-state index contributed by atoms with van der Waals surface area (Å²) in [7, 11) is 1.63. The van der Waals surface area contributed by atoms with Crippen molar-refractivity contribution < 1.29 is 14.7 Å². The molecule has 1 saturated heterocycles. The number of rotatable bonds is 2. The Bertz CT molecular complexity index is 727. The van der Waals surface area contributed by atoms with Crippen molar-refractivity contribution in [2.45, 2.75) is 26.2 Å². The average Bonchev–Trinajstić information content (AvgIpc) is 3.01. The third-order valence-electron chi connectivity index (χ3n) is 5.15. The van der Waals surface area contributed by atoms with Crippen molar-refractivity contribution in [3.05, 3.63) is 28.2 Å². The van der Waals surface area contributed by atoms with E-state index in [0.29, 0.717) is 13.0 Å². The zero-order valence-electron chi connectivity index (χ0n) is 13.3. The quantitative estimate of drug-likeness (QED) is 0.862. The van der Waals surface area contributed by atoms with E-state index in [1.807, 2.05) is 6.92 Å². The first-order valence-electron chi connectivity index (χ1n) is 7.80. The summed E-state index contributed by atoms with van der Waals surface area (Å²) < 4.78 is 1.42. The van der Waals surface area contributed by atoms with Gasteiger partial charge in [0.25, 0.3) is 5.56 Å². The number of urea groups is 1. The number of hydrogen-bond donors (Lipinski definition) is 2. The second-order valence-corrected chi connectivity index (χ2v) is 6.71. The van der Waals surface area contributed by atoms with E-state index in [0.717, 1.165) is 18.4 Å². The number of aliphatic carboxylic acids is 1. The Labute approximate surface area is 133 Å². The zero-order valence-corrected chi connectivity index (χ0v) is 13.3. The number of nitrogens with zero attached hydrogens (tertiary/aromatic N) is 2. The first kappa shape index (κ1) is 15.6. The summed E-state index contributed by atoms with van der Waals surface area (Å²) in [6.07, 6.45) is 4.04. The molecule has 1 saturated carbocycles. The van der Waals surface area contributed by atoms with Crippen molar-refractivity contribution in [2.75, 3.05) is 18.4 Å². The Morgan fingerprint density at radius 2 is 2.17 bits per heavy atom. The third kappa shape index (κ3) is 2.50. The van der Waals surface area contributed by atoms with Crippen LogP contribution in [0.25, 0.3) is 0 Å². The van der Waals surface area contributed by atoms with Crippen molar-refractivity contribution in [2.24, 2.45) is 18.4 Å². The molecule has 2 heterocycles. The van der Waals surface area contributed by atoms with Gasteiger partial charge in [-0.15, -0.1) is 0 Å². The minimum atomic E-state index is -0.818. The zero-order chi connectivity index (χ0) is 16.8. The number of aromatic nitrogens is 1. The summed E-state index contributed by atoms with van der Waals surface area (Å²) >= 11 is 0. The van der Waals surface area contributed by atoms with Crippen molar-refractivity contribution in [1.82, 2.24) is 9.47 Å². The molecule has 1 aliphatic carbocycles. The third-order valence-corrected chi connectivity index (χ3v) is 5.15. The van der Waals surface area contributed by atoms with E-state index < -0.39 is 17.4 Å². The van der Waals surface area contributed by atoms with Crippen molar-refractivity contribution in [1.29, 1.82) is 0 Å². The molecule has 2 aliphatic rings. The summed E-state index contributed by atoms with van der Waals surface area (Å²) in [6.45, 7) is 2.49. The minimum absolute atomic E-state index is 0.00564. The van der Waals surface area contributed by atoms with E-state index in [9.17, 15) is 19.5 Å². The van der Waals surface area contributed by atoms with Gasteiger partial charge < -0.3 is 19.9 Å². The van der Waals surface area contributed by atoms with Crippen LogP contribution in [-0.2, 0) is 11.8 Å². The first-order valence-corrected chi connectivity index (χ1v) is 7.80. The van der Waals surface area contributed by atoms with Crippen molar-refractivity contribution in [3.8, 4) is 0 Å². The van der Waals surface area contributed by atoms with Crippen LogP contribution in [0.1, 0.15) is 24.8 Å². The second-order valence-electron chi connectivity index (χ2n) is 6.71. The number of aryl methyl sites for hydroxylation is 2. The van der Waals surface area contributed by atoms with E-state index in [2.05, 4.69) is 5.32 Å². The van der Waals surface area contributed by atoms with Gasteiger partial charge in [-0.2, -0.15) is 0 Å². The number of carboxylic acid groups (broad SMARTS) is 1. The van der Waals surface area contributed by atoms with Crippen LogP contribution in [0.15, 0.2) is 17.1 Å². The second kappa shape index (κ2) is 5.40. The number of fused-ring (bicyclic) bond motifs is 1. The van der Waals surface area contributed by atoms with E-state index in [-0.39, 0.29) is 23.7 Å².